The maximum absolute atomic E-state index is 13.3. The highest BCUT2D eigenvalue weighted by Gasteiger charge is 2.53. The molecule has 4 aliphatic rings. The van der Waals surface area contributed by atoms with E-state index in [1.54, 1.807) is 12.2 Å². The number of rotatable bonds is 4. The van der Waals surface area contributed by atoms with E-state index in [1.165, 1.54) is 9.80 Å². The highest BCUT2D eigenvalue weighted by molar-refractivity contribution is 5.96. The molecule has 4 heterocycles. The highest BCUT2D eigenvalue weighted by Crippen LogP contribution is 2.28. The lowest BCUT2D eigenvalue weighted by atomic mass is 9.82. The van der Waals surface area contributed by atoms with Crippen molar-refractivity contribution in [3.05, 3.63) is 12.2 Å². The zero-order chi connectivity index (χ0) is 23.5. The van der Waals surface area contributed by atoms with E-state index in [1.807, 2.05) is 27.7 Å². The molecule has 4 bridgehead atoms. The molecular formula is C22H34N4O6. The zero-order valence-corrected chi connectivity index (χ0v) is 19.3. The van der Waals surface area contributed by atoms with E-state index in [4.69, 9.17) is 9.47 Å². The van der Waals surface area contributed by atoms with Crippen LogP contribution in [0.1, 0.15) is 34.1 Å². The van der Waals surface area contributed by atoms with E-state index in [9.17, 15) is 19.2 Å². The van der Waals surface area contributed by atoms with Gasteiger partial charge in [0.25, 0.3) is 0 Å². The van der Waals surface area contributed by atoms with Gasteiger partial charge >= 0.3 is 12.2 Å². The summed E-state index contributed by atoms with van der Waals surface area (Å²) >= 11 is 0. The smallest absolute Gasteiger partial charge is 0.410 e. The molecule has 0 unspecified atom stereocenters. The minimum Gasteiger partial charge on any atom is -0.445 e. The second-order valence-electron chi connectivity index (χ2n) is 9.41. The number of carbonyl (C=O) groups is 4. The van der Waals surface area contributed by atoms with Gasteiger partial charge in [0.1, 0.15) is 18.8 Å². The topological polar surface area (TPSA) is 117 Å². The van der Waals surface area contributed by atoms with Crippen LogP contribution in [0.5, 0.6) is 0 Å². The number of hydrogen-bond acceptors (Lipinski definition) is 8. The van der Waals surface area contributed by atoms with Crippen molar-refractivity contribution in [1.82, 2.24) is 20.4 Å². The van der Waals surface area contributed by atoms with Gasteiger partial charge in [-0.25, -0.2) is 9.59 Å². The molecule has 0 radical (unpaired) electrons. The molecule has 0 saturated carbocycles. The van der Waals surface area contributed by atoms with Crippen LogP contribution < -0.4 is 10.6 Å². The van der Waals surface area contributed by atoms with Crippen molar-refractivity contribution in [2.45, 2.75) is 51.2 Å². The van der Waals surface area contributed by atoms with Gasteiger partial charge in [0, 0.05) is 25.0 Å². The first kappa shape index (κ1) is 24.2. The first-order valence-electron chi connectivity index (χ1n) is 11.2. The third-order valence-electron chi connectivity index (χ3n) is 6.16. The van der Waals surface area contributed by atoms with Crippen LogP contribution in [-0.2, 0) is 19.1 Å². The monoisotopic (exact) mass is 450 g/mol. The van der Waals surface area contributed by atoms with Crippen LogP contribution in [0.2, 0.25) is 0 Å². The Bertz CT molecular complexity index is 789. The van der Waals surface area contributed by atoms with Crippen molar-refractivity contribution in [3.8, 4) is 0 Å². The molecule has 2 saturated heterocycles. The lowest BCUT2D eigenvalue weighted by molar-refractivity contribution is -0.133. The summed E-state index contributed by atoms with van der Waals surface area (Å²) in [6.07, 6.45) is 2.59. The predicted molar refractivity (Wildman–Crippen MR) is 116 cm³/mol. The second-order valence-corrected chi connectivity index (χ2v) is 9.41. The van der Waals surface area contributed by atoms with E-state index in [0.717, 1.165) is 0 Å². The van der Waals surface area contributed by atoms with Crippen LogP contribution in [0.25, 0.3) is 0 Å². The van der Waals surface area contributed by atoms with Crippen LogP contribution in [0.15, 0.2) is 12.2 Å². The summed E-state index contributed by atoms with van der Waals surface area (Å²) in [5, 5.41) is 6.50. The van der Waals surface area contributed by atoms with E-state index in [-0.39, 0.29) is 62.9 Å². The summed E-state index contributed by atoms with van der Waals surface area (Å²) in [5.74, 6) is -0.429. The molecule has 0 aromatic heterocycles. The molecule has 0 aromatic rings. The minimum absolute atomic E-state index is 0.0251. The number of ketones is 2. The molecule has 10 heteroatoms. The first-order valence-corrected chi connectivity index (χ1v) is 11.2. The summed E-state index contributed by atoms with van der Waals surface area (Å²) < 4.78 is 10.5. The maximum atomic E-state index is 13.3. The quantitative estimate of drug-likeness (QED) is 0.602. The zero-order valence-electron chi connectivity index (χ0n) is 19.3. The standard InChI is InChI=1S/C22H34N4O6/c1-15(2)18(28)21-7-8-25(12-21)19(29)31-9-5-6-10-32-20(30)26-13-22(14-26,24-16(3)4)17(27)11-23-21/h5-6,15-16,23-24H,7-14H2,1-4H3/t21-/m0/s1. The van der Waals surface area contributed by atoms with Gasteiger partial charge in [-0.05, 0) is 32.4 Å². The van der Waals surface area contributed by atoms with E-state index in [2.05, 4.69) is 10.6 Å². The maximum Gasteiger partial charge on any atom is 0.410 e. The molecule has 10 nitrogen and oxygen atoms in total. The predicted octanol–water partition coefficient (Wildman–Crippen LogP) is 0.710. The van der Waals surface area contributed by atoms with Crippen LogP contribution in [0, 0.1) is 5.92 Å². The Morgan fingerprint density at radius 3 is 2.16 bits per heavy atom. The van der Waals surface area contributed by atoms with Crippen molar-refractivity contribution in [2.24, 2.45) is 5.92 Å². The Labute approximate surface area is 188 Å². The summed E-state index contributed by atoms with van der Waals surface area (Å²) in [7, 11) is 0. The minimum atomic E-state index is -1.01. The molecule has 0 aliphatic carbocycles. The average molecular weight is 451 g/mol. The number of nitrogens with one attached hydrogen (secondary N) is 2. The number of amides is 2. The molecule has 4 rings (SSSR count). The van der Waals surface area contributed by atoms with Gasteiger partial charge in [-0.3, -0.25) is 20.2 Å². The van der Waals surface area contributed by atoms with Gasteiger partial charge < -0.3 is 19.3 Å². The van der Waals surface area contributed by atoms with Crippen LogP contribution in [-0.4, -0.2) is 96.6 Å². The van der Waals surface area contributed by atoms with Gasteiger partial charge in [-0.1, -0.05) is 13.8 Å². The summed E-state index contributed by atoms with van der Waals surface area (Å²) in [6, 6.07) is 0.0251. The summed E-state index contributed by atoms with van der Waals surface area (Å²) in [5.41, 5.74) is -1.91. The molecule has 0 aromatic carbocycles. The number of hydrogen-bond donors (Lipinski definition) is 2. The largest absolute Gasteiger partial charge is 0.445 e. The fourth-order valence-electron chi connectivity index (χ4n) is 4.56. The van der Waals surface area contributed by atoms with Gasteiger partial charge in [-0.15, -0.1) is 0 Å². The Balaban J connectivity index is 1.85. The Hall–Kier alpha value is -2.46. The Kier molecular flexibility index (Phi) is 7.24. The number of Topliss-reactive ketones (excluding diaryl/α,β-unsaturated/α-hetero) is 2. The van der Waals surface area contributed by atoms with Gasteiger partial charge in [0.15, 0.2) is 11.6 Å². The van der Waals surface area contributed by atoms with E-state index < -0.39 is 23.3 Å². The number of nitrogens with zero attached hydrogens (tertiary/aromatic N) is 2. The molecular weight excluding hydrogens is 416 g/mol. The lowest BCUT2D eigenvalue weighted by Gasteiger charge is -2.49. The second kappa shape index (κ2) is 9.58. The first-order chi connectivity index (χ1) is 15.1. The number of fused-ring (bicyclic) bond motifs is 8. The van der Waals surface area contributed by atoms with E-state index in [0.29, 0.717) is 13.0 Å². The molecule has 32 heavy (non-hydrogen) atoms. The fourth-order valence-corrected chi connectivity index (χ4v) is 4.56. The molecule has 0 spiro atoms. The third-order valence-corrected chi connectivity index (χ3v) is 6.16. The third kappa shape index (κ3) is 4.96. The van der Waals surface area contributed by atoms with Gasteiger partial charge in [0.05, 0.1) is 25.2 Å². The molecule has 178 valence electrons. The average Bonchev–Trinajstić information content (AvgIpc) is 3.15. The summed E-state index contributed by atoms with van der Waals surface area (Å²) in [6.45, 7) is 8.45. The van der Waals surface area contributed by atoms with Crippen molar-refractivity contribution in [3.63, 3.8) is 0 Å². The molecule has 2 fully saturated rings. The Morgan fingerprint density at radius 2 is 1.59 bits per heavy atom. The van der Waals surface area contributed by atoms with Crippen molar-refractivity contribution in [1.29, 1.82) is 0 Å². The lowest BCUT2D eigenvalue weighted by Crippen LogP contribution is -2.76. The van der Waals surface area contributed by atoms with Gasteiger partial charge in [0.2, 0.25) is 0 Å². The number of carbonyl (C=O) groups excluding carboxylic acids is 4. The Morgan fingerprint density at radius 1 is 1.00 bits per heavy atom. The molecule has 2 amide bonds. The molecule has 1 atom stereocenters. The highest BCUT2D eigenvalue weighted by atomic mass is 16.6. The van der Waals surface area contributed by atoms with Crippen molar-refractivity contribution < 1.29 is 28.7 Å². The fraction of sp³-hybridized carbons (Fsp3) is 0.727. The molecule has 4 aliphatic heterocycles. The van der Waals surface area contributed by atoms with E-state index >= 15 is 0 Å². The van der Waals surface area contributed by atoms with Gasteiger partial charge in [-0.2, -0.15) is 0 Å². The van der Waals surface area contributed by atoms with Crippen molar-refractivity contribution in [2.75, 3.05) is 45.9 Å². The number of ether oxygens (including phenoxy) is 2. The van der Waals surface area contributed by atoms with Crippen LogP contribution >= 0.6 is 0 Å². The normalized spacial score (nSPS) is 29.6. The SMILES string of the molecule is CC(C)NC12CN(C1)C(=O)OCC=CCOC(=O)N1CC[C@@](C(=O)C(C)C)(C1)NCC2=O. The van der Waals surface area contributed by atoms with Crippen LogP contribution in [0.4, 0.5) is 9.59 Å². The summed E-state index contributed by atoms with van der Waals surface area (Å²) in [4.78, 5) is 54.1. The van der Waals surface area contributed by atoms with Crippen LogP contribution in [0.3, 0.4) is 0 Å². The van der Waals surface area contributed by atoms with Crippen molar-refractivity contribution >= 4 is 23.8 Å². The molecule has 2 N–H and O–H groups in total.